The minimum absolute atomic E-state index is 0.114. The Hall–Kier alpha value is -0.460. The number of allylic oxidation sites excluding steroid dienone is 2. The van der Waals surface area contributed by atoms with E-state index in [9.17, 15) is 10.2 Å². The number of ether oxygens (including phenoxy) is 2. The van der Waals surface area contributed by atoms with Gasteiger partial charge in [0.2, 0.25) is 0 Å². The molecule has 35 heavy (non-hydrogen) atoms. The van der Waals surface area contributed by atoms with Crippen LogP contribution in [0.1, 0.15) is 142 Å². The highest BCUT2D eigenvalue weighted by molar-refractivity contribution is 4.81. The number of nitrogens with two attached hydrogens (primary N) is 1. The lowest BCUT2D eigenvalue weighted by molar-refractivity contribution is -0.148. The lowest BCUT2D eigenvalue weighted by Gasteiger charge is -2.19. The van der Waals surface area contributed by atoms with Gasteiger partial charge in [-0.25, -0.2) is 0 Å². The van der Waals surface area contributed by atoms with E-state index in [2.05, 4.69) is 12.2 Å². The minimum atomic E-state index is -0.229. The zero-order valence-corrected chi connectivity index (χ0v) is 23.4. The molecule has 5 nitrogen and oxygen atoms in total. The number of aliphatic hydroxyl groups excluding tert-OH is 2. The molecule has 0 aromatic heterocycles. The van der Waals surface area contributed by atoms with Gasteiger partial charge in [-0.1, -0.05) is 57.1 Å². The van der Waals surface area contributed by atoms with Crippen LogP contribution in [0.3, 0.4) is 0 Å². The van der Waals surface area contributed by atoms with Crippen LogP contribution in [0, 0.1) is 0 Å². The second kappa shape index (κ2) is 28.1. The predicted octanol–water partition coefficient (Wildman–Crippen LogP) is 7.42. The third-order valence-electron chi connectivity index (χ3n) is 6.44. The standard InChI is InChI=1S/C30H61NO4/c1-28(32)22-17-20-26-34-30(35-27-21-18-23-29(2)33)24-16-14-12-10-8-6-4-3-5-7-9-11-13-15-19-25-31/h3-4,28-30,32-33H,5-27,31H2,1-2H3. The molecule has 0 heterocycles. The smallest absolute Gasteiger partial charge is 0.157 e. The molecule has 0 fully saturated rings. The minimum Gasteiger partial charge on any atom is -0.393 e. The lowest BCUT2D eigenvalue weighted by Crippen LogP contribution is -2.19. The highest BCUT2D eigenvalue weighted by atomic mass is 16.7. The van der Waals surface area contributed by atoms with Crippen molar-refractivity contribution in [3.05, 3.63) is 12.2 Å². The molecule has 0 aliphatic carbocycles. The van der Waals surface area contributed by atoms with Crippen molar-refractivity contribution in [3.8, 4) is 0 Å². The van der Waals surface area contributed by atoms with E-state index in [4.69, 9.17) is 15.2 Å². The number of hydrogen-bond donors (Lipinski definition) is 3. The molecule has 4 N–H and O–H groups in total. The van der Waals surface area contributed by atoms with E-state index in [1.807, 2.05) is 13.8 Å². The number of hydrogen-bond acceptors (Lipinski definition) is 5. The van der Waals surface area contributed by atoms with Crippen LogP contribution in [0.4, 0.5) is 0 Å². The van der Waals surface area contributed by atoms with E-state index in [1.165, 1.54) is 77.0 Å². The van der Waals surface area contributed by atoms with Crippen molar-refractivity contribution in [1.29, 1.82) is 0 Å². The lowest BCUT2D eigenvalue weighted by atomic mass is 10.1. The summed E-state index contributed by atoms with van der Waals surface area (Å²) in [5, 5.41) is 18.8. The Bertz CT molecular complexity index is 411. The monoisotopic (exact) mass is 499 g/mol. The van der Waals surface area contributed by atoms with Crippen LogP contribution < -0.4 is 5.73 Å². The van der Waals surface area contributed by atoms with Crippen LogP contribution in [-0.4, -0.2) is 48.5 Å². The van der Waals surface area contributed by atoms with Crippen molar-refractivity contribution in [1.82, 2.24) is 0 Å². The molecule has 0 aliphatic rings. The topological polar surface area (TPSA) is 84.9 Å². The number of rotatable bonds is 28. The molecule has 2 atom stereocenters. The molecular formula is C30H61NO4. The van der Waals surface area contributed by atoms with Crippen molar-refractivity contribution < 1.29 is 19.7 Å². The molecule has 0 saturated carbocycles. The molecular weight excluding hydrogens is 438 g/mol. The second-order valence-corrected chi connectivity index (χ2v) is 10.4. The number of unbranched alkanes of at least 4 members (excludes halogenated alkanes) is 13. The maximum Gasteiger partial charge on any atom is 0.157 e. The van der Waals surface area contributed by atoms with E-state index < -0.39 is 0 Å². The summed E-state index contributed by atoms with van der Waals surface area (Å²) < 4.78 is 12.0. The quantitative estimate of drug-likeness (QED) is 0.0592. The molecule has 0 spiro atoms. The molecule has 5 heteroatoms. The first-order chi connectivity index (χ1) is 17.1. The summed E-state index contributed by atoms with van der Waals surface area (Å²) in [6.45, 7) is 5.91. The van der Waals surface area contributed by atoms with Gasteiger partial charge in [0.05, 0.1) is 12.2 Å². The van der Waals surface area contributed by atoms with Gasteiger partial charge in [-0.3, -0.25) is 0 Å². The summed E-state index contributed by atoms with van der Waals surface area (Å²) in [6.07, 6.45) is 27.3. The molecule has 2 unspecified atom stereocenters. The summed E-state index contributed by atoms with van der Waals surface area (Å²) in [6, 6.07) is 0. The fourth-order valence-electron chi connectivity index (χ4n) is 4.18. The second-order valence-electron chi connectivity index (χ2n) is 10.4. The maximum absolute atomic E-state index is 9.39. The van der Waals surface area contributed by atoms with Crippen molar-refractivity contribution >= 4 is 0 Å². The molecule has 0 aromatic carbocycles. The first kappa shape index (κ1) is 34.5. The van der Waals surface area contributed by atoms with Crippen molar-refractivity contribution in [3.63, 3.8) is 0 Å². The van der Waals surface area contributed by atoms with Gasteiger partial charge in [0.25, 0.3) is 0 Å². The van der Waals surface area contributed by atoms with Crippen molar-refractivity contribution in [2.24, 2.45) is 5.73 Å². The first-order valence-electron chi connectivity index (χ1n) is 15.0. The zero-order valence-electron chi connectivity index (χ0n) is 23.4. The van der Waals surface area contributed by atoms with Crippen LogP contribution in [0.15, 0.2) is 12.2 Å². The summed E-state index contributed by atoms with van der Waals surface area (Å²) >= 11 is 0. The van der Waals surface area contributed by atoms with Gasteiger partial charge < -0.3 is 25.4 Å². The fourth-order valence-corrected chi connectivity index (χ4v) is 4.18. The molecule has 0 amide bonds. The molecule has 0 saturated heterocycles. The van der Waals surface area contributed by atoms with E-state index in [0.717, 1.165) is 57.9 Å². The Balaban J connectivity index is 3.74. The third-order valence-corrected chi connectivity index (χ3v) is 6.44. The van der Waals surface area contributed by atoms with Crippen LogP contribution in [-0.2, 0) is 9.47 Å². The first-order valence-corrected chi connectivity index (χ1v) is 15.0. The highest BCUT2D eigenvalue weighted by Crippen LogP contribution is 2.14. The van der Waals surface area contributed by atoms with Gasteiger partial charge in [-0.05, 0) is 104 Å². The summed E-state index contributed by atoms with van der Waals surface area (Å²) in [4.78, 5) is 0. The van der Waals surface area contributed by atoms with Crippen LogP contribution in [0.5, 0.6) is 0 Å². The van der Waals surface area contributed by atoms with E-state index in [-0.39, 0.29) is 18.5 Å². The van der Waals surface area contributed by atoms with E-state index >= 15 is 0 Å². The van der Waals surface area contributed by atoms with Crippen LogP contribution in [0.25, 0.3) is 0 Å². The summed E-state index contributed by atoms with van der Waals surface area (Å²) in [5.41, 5.74) is 5.53. The Morgan fingerprint density at radius 2 is 0.943 bits per heavy atom. The Kier molecular flexibility index (Phi) is 27.7. The molecule has 0 bridgehead atoms. The fraction of sp³-hybridized carbons (Fsp3) is 0.933. The highest BCUT2D eigenvalue weighted by Gasteiger charge is 2.10. The molecule has 0 radical (unpaired) electrons. The summed E-state index contributed by atoms with van der Waals surface area (Å²) in [7, 11) is 0. The van der Waals surface area contributed by atoms with Gasteiger partial charge in [0.15, 0.2) is 6.29 Å². The van der Waals surface area contributed by atoms with Gasteiger partial charge in [0.1, 0.15) is 0 Å². The SMILES string of the molecule is CC(O)CCCCOC(CCCCCCCC=CCCCCCCCCN)OCCCCC(C)O. The molecule has 0 aliphatic heterocycles. The maximum atomic E-state index is 9.39. The third kappa shape index (κ3) is 29.7. The molecule has 210 valence electrons. The van der Waals surface area contributed by atoms with Gasteiger partial charge >= 0.3 is 0 Å². The van der Waals surface area contributed by atoms with E-state index in [1.54, 1.807) is 0 Å². The van der Waals surface area contributed by atoms with Crippen LogP contribution >= 0.6 is 0 Å². The van der Waals surface area contributed by atoms with Crippen molar-refractivity contribution in [2.45, 2.75) is 161 Å². The van der Waals surface area contributed by atoms with Gasteiger partial charge in [-0.15, -0.1) is 0 Å². The number of aliphatic hydroxyl groups is 2. The van der Waals surface area contributed by atoms with Crippen LogP contribution in [0.2, 0.25) is 0 Å². The molecule has 0 rings (SSSR count). The predicted molar refractivity (Wildman–Crippen MR) is 150 cm³/mol. The normalized spacial score (nSPS) is 14.5. The Labute approximate surface area is 218 Å². The summed E-state index contributed by atoms with van der Waals surface area (Å²) in [5.74, 6) is 0. The Morgan fingerprint density at radius 3 is 1.40 bits per heavy atom. The average molecular weight is 500 g/mol. The largest absolute Gasteiger partial charge is 0.393 e. The van der Waals surface area contributed by atoms with Gasteiger partial charge in [-0.2, -0.15) is 0 Å². The van der Waals surface area contributed by atoms with E-state index in [0.29, 0.717) is 13.2 Å². The van der Waals surface area contributed by atoms with Gasteiger partial charge in [0, 0.05) is 13.2 Å². The van der Waals surface area contributed by atoms with Crippen molar-refractivity contribution in [2.75, 3.05) is 19.8 Å². The molecule has 0 aromatic rings. The average Bonchev–Trinajstić information content (AvgIpc) is 2.82. The zero-order chi connectivity index (χ0) is 25.8. The Morgan fingerprint density at radius 1 is 0.543 bits per heavy atom.